The van der Waals surface area contributed by atoms with Gasteiger partial charge in [-0.1, -0.05) is 6.42 Å². The SMILES string of the molecule is Cn1c(=S)[nH]c2c(NC3CC4CCC3C4)ncnc21. The van der Waals surface area contributed by atoms with Gasteiger partial charge in [0.1, 0.15) is 11.8 Å². The van der Waals surface area contributed by atoms with E-state index >= 15 is 0 Å². The van der Waals surface area contributed by atoms with E-state index in [2.05, 4.69) is 20.3 Å². The van der Waals surface area contributed by atoms with Crippen LogP contribution in [0.25, 0.3) is 11.2 Å². The number of fused-ring (bicyclic) bond motifs is 3. The van der Waals surface area contributed by atoms with Crippen LogP contribution in [0.2, 0.25) is 0 Å². The Bertz CT molecular complexity index is 688. The van der Waals surface area contributed by atoms with Crippen molar-refractivity contribution in [2.75, 3.05) is 5.32 Å². The van der Waals surface area contributed by atoms with Gasteiger partial charge in [0.15, 0.2) is 16.2 Å². The third-order valence-electron chi connectivity index (χ3n) is 4.74. The number of imidazole rings is 1. The van der Waals surface area contributed by atoms with E-state index in [0.29, 0.717) is 10.8 Å². The second-order valence-corrected chi connectivity index (χ2v) is 6.22. The zero-order valence-corrected chi connectivity index (χ0v) is 11.7. The molecule has 0 spiro atoms. The molecule has 2 aliphatic rings. The van der Waals surface area contributed by atoms with Crippen LogP contribution in [0, 0.1) is 16.6 Å². The molecule has 2 aromatic rings. The summed E-state index contributed by atoms with van der Waals surface area (Å²) in [6.45, 7) is 0. The summed E-state index contributed by atoms with van der Waals surface area (Å²) in [6, 6.07) is 0.569. The maximum absolute atomic E-state index is 5.26. The summed E-state index contributed by atoms with van der Waals surface area (Å²) in [5, 5.41) is 3.61. The Labute approximate surface area is 116 Å². The van der Waals surface area contributed by atoms with Crippen LogP contribution in [0.4, 0.5) is 5.82 Å². The van der Waals surface area contributed by atoms with Crippen LogP contribution >= 0.6 is 12.2 Å². The minimum Gasteiger partial charge on any atom is -0.365 e. The van der Waals surface area contributed by atoms with Crippen LogP contribution < -0.4 is 5.32 Å². The first-order valence-corrected chi connectivity index (χ1v) is 7.29. The van der Waals surface area contributed by atoms with Gasteiger partial charge in [0, 0.05) is 13.1 Å². The van der Waals surface area contributed by atoms with E-state index < -0.39 is 0 Å². The maximum atomic E-state index is 5.26. The van der Waals surface area contributed by atoms with Crippen molar-refractivity contribution < 1.29 is 0 Å². The van der Waals surface area contributed by atoms with Gasteiger partial charge < -0.3 is 14.9 Å². The molecule has 0 saturated heterocycles. The van der Waals surface area contributed by atoms with Crippen molar-refractivity contribution in [2.24, 2.45) is 18.9 Å². The van der Waals surface area contributed by atoms with E-state index in [1.807, 2.05) is 11.6 Å². The Kier molecular flexibility index (Phi) is 2.42. The molecule has 3 atom stereocenters. The molecule has 0 aromatic carbocycles. The van der Waals surface area contributed by atoms with E-state index in [9.17, 15) is 0 Å². The number of anilines is 1. The Morgan fingerprint density at radius 1 is 1.37 bits per heavy atom. The molecule has 2 bridgehead atoms. The topological polar surface area (TPSA) is 58.5 Å². The number of nitrogens with zero attached hydrogens (tertiary/aromatic N) is 3. The van der Waals surface area contributed by atoms with Gasteiger partial charge in [-0.15, -0.1) is 0 Å². The molecule has 6 heteroatoms. The molecule has 2 aromatic heterocycles. The first-order chi connectivity index (χ1) is 9.22. The van der Waals surface area contributed by atoms with Crippen molar-refractivity contribution in [3.8, 4) is 0 Å². The molecule has 0 radical (unpaired) electrons. The number of nitrogens with one attached hydrogen (secondary N) is 2. The Balaban J connectivity index is 1.71. The van der Waals surface area contributed by atoms with E-state index in [4.69, 9.17) is 12.2 Å². The van der Waals surface area contributed by atoms with Gasteiger partial charge in [-0.05, 0) is 43.3 Å². The van der Waals surface area contributed by atoms with Crippen molar-refractivity contribution in [3.63, 3.8) is 0 Å². The second-order valence-electron chi connectivity index (χ2n) is 5.84. The quantitative estimate of drug-likeness (QED) is 0.827. The monoisotopic (exact) mass is 275 g/mol. The van der Waals surface area contributed by atoms with E-state index in [-0.39, 0.29) is 0 Å². The lowest BCUT2D eigenvalue weighted by atomic mass is 9.95. The lowest BCUT2D eigenvalue weighted by Crippen LogP contribution is -2.26. The largest absolute Gasteiger partial charge is 0.365 e. The minimum atomic E-state index is 0.569. The van der Waals surface area contributed by atoms with Crippen molar-refractivity contribution in [2.45, 2.75) is 31.7 Å². The fourth-order valence-electron chi connectivity index (χ4n) is 3.74. The summed E-state index contributed by atoms with van der Waals surface area (Å²) in [5.74, 6) is 2.64. The zero-order chi connectivity index (χ0) is 13.0. The van der Waals surface area contributed by atoms with E-state index in [0.717, 1.165) is 28.8 Å². The van der Waals surface area contributed by atoms with Gasteiger partial charge in [0.2, 0.25) is 0 Å². The molecule has 5 nitrogen and oxygen atoms in total. The number of aromatic nitrogens is 4. The van der Waals surface area contributed by atoms with Crippen LogP contribution in [-0.2, 0) is 7.05 Å². The molecule has 0 amide bonds. The first kappa shape index (κ1) is 11.4. The normalized spacial score (nSPS) is 29.2. The summed E-state index contributed by atoms with van der Waals surface area (Å²) in [5.41, 5.74) is 1.79. The molecule has 19 heavy (non-hydrogen) atoms. The summed E-state index contributed by atoms with van der Waals surface area (Å²) >= 11 is 5.26. The zero-order valence-electron chi connectivity index (χ0n) is 10.9. The number of aromatic amines is 1. The predicted octanol–water partition coefficient (Wildman–Crippen LogP) is 2.63. The smallest absolute Gasteiger partial charge is 0.179 e. The Hall–Kier alpha value is -1.43. The highest BCUT2D eigenvalue weighted by Crippen LogP contribution is 2.45. The van der Waals surface area contributed by atoms with Crippen LogP contribution in [0.15, 0.2) is 6.33 Å². The van der Waals surface area contributed by atoms with Crippen molar-refractivity contribution >= 4 is 29.2 Å². The van der Waals surface area contributed by atoms with Crippen molar-refractivity contribution in [3.05, 3.63) is 11.1 Å². The van der Waals surface area contributed by atoms with Crippen LogP contribution in [-0.4, -0.2) is 25.6 Å². The van der Waals surface area contributed by atoms with Gasteiger partial charge in [0.25, 0.3) is 0 Å². The van der Waals surface area contributed by atoms with Gasteiger partial charge in [-0.2, -0.15) is 0 Å². The number of hydrogen-bond donors (Lipinski definition) is 2. The summed E-state index contributed by atoms with van der Waals surface area (Å²) in [7, 11) is 1.93. The fourth-order valence-corrected chi connectivity index (χ4v) is 3.93. The highest BCUT2D eigenvalue weighted by Gasteiger charge is 2.39. The summed E-state index contributed by atoms with van der Waals surface area (Å²) < 4.78 is 2.57. The Morgan fingerprint density at radius 3 is 3.00 bits per heavy atom. The lowest BCUT2D eigenvalue weighted by Gasteiger charge is -2.23. The number of hydrogen-bond acceptors (Lipinski definition) is 4. The van der Waals surface area contributed by atoms with Crippen LogP contribution in [0.3, 0.4) is 0 Å². The van der Waals surface area contributed by atoms with Crippen molar-refractivity contribution in [1.82, 2.24) is 19.5 Å². The molecule has 2 saturated carbocycles. The highest BCUT2D eigenvalue weighted by molar-refractivity contribution is 7.71. The molecule has 3 unspecified atom stereocenters. The number of aryl methyl sites for hydroxylation is 1. The molecular formula is C13H17N5S. The maximum Gasteiger partial charge on any atom is 0.179 e. The second kappa shape index (κ2) is 4.03. The van der Waals surface area contributed by atoms with E-state index in [1.54, 1.807) is 6.33 Å². The van der Waals surface area contributed by atoms with Gasteiger partial charge in [0.05, 0.1) is 0 Å². The molecule has 0 aliphatic heterocycles. The molecule has 2 fully saturated rings. The van der Waals surface area contributed by atoms with Crippen molar-refractivity contribution in [1.29, 1.82) is 0 Å². The third kappa shape index (κ3) is 1.69. The molecule has 100 valence electrons. The molecule has 2 heterocycles. The van der Waals surface area contributed by atoms with Gasteiger partial charge in [-0.25, -0.2) is 9.97 Å². The average Bonchev–Trinajstić information content (AvgIpc) is 3.08. The molecule has 2 N–H and O–H groups in total. The molecule has 2 aliphatic carbocycles. The van der Waals surface area contributed by atoms with Crippen LogP contribution in [0.1, 0.15) is 25.7 Å². The minimum absolute atomic E-state index is 0.569. The summed E-state index contributed by atoms with van der Waals surface area (Å²) in [6.07, 6.45) is 7.05. The summed E-state index contributed by atoms with van der Waals surface area (Å²) in [4.78, 5) is 11.9. The third-order valence-corrected chi connectivity index (χ3v) is 5.12. The van der Waals surface area contributed by atoms with Crippen LogP contribution in [0.5, 0.6) is 0 Å². The Morgan fingerprint density at radius 2 is 2.26 bits per heavy atom. The average molecular weight is 275 g/mol. The molecule has 4 rings (SSSR count). The van der Waals surface area contributed by atoms with Gasteiger partial charge in [-0.3, -0.25) is 0 Å². The lowest BCUT2D eigenvalue weighted by molar-refractivity contribution is 0.439. The van der Waals surface area contributed by atoms with Gasteiger partial charge >= 0.3 is 0 Å². The fraction of sp³-hybridized carbons (Fsp3) is 0.615. The van der Waals surface area contributed by atoms with E-state index in [1.165, 1.54) is 25.7 Å². The standard InChI is InChI=1S/C13H17N5S/c1-18-12-10(17-13(18)19)11(14-6-15-12)16-9-5-7-2-3-8(9)4-7/h6-9H,2-5H2,1H3,(H,17,19)(H,14,15,16). The molecular weight excluding hydrogens is 258 g/mol. The number of H-pyrrole nitrogens is 1. The number of rotatable bonds is 2. The highest BCUT2D eigenvalue weighted by atomic mass is 32.1. The first-order valence-electron chi connectivity index (χ1n) is 6.88. The predicted molar refractivity (Wildman–Crippen MR) is 76.6 cm³/mol.